The van der Waals surface area contributed by atoms with Gasteiger partial charge in [0.15, 0.2) is 0 Å². The number of benzene rings is 2. The summed E-state index contributed by atoms with van der Waals surface area (Å²) in [6, 6.07) is 9.19. The van der Waals surface area contributed by atoms with Crippen molar-refractivity contribution in [2.45, 2.75) is 6.92 Å². The van der Waals surface area contributed by atoms with E-state index in [2.05, 4.69) is 53.1 Å². The van der Waals surface area contributed by atoms with Gasteiger partial charge in [0.2, 0.25) is 0 Å². The highest BCUT2D eigenvalue weighted by Gasteiger charge is 2.14. The Bertz CT molecular complexity index is 702. The SMILES string of the molecule is COc1cc(NC(=O)c2ccc(C)cc2Br)c(Br)cc1Br. The Hall–Kier alpha value is -0.850. The molecule has 0 radical (unpaired) electrons. The lowest BCUT2D eigenvalue weighted by atomic mass is 10.1. The molecule has 0 aliphatic rings. The van der Waals surface area contributed by atoms with E-state index in [4.69, 9.17) is 4.74 Å². The molecule has 2 aromatic carbocycles. The summed E-state index contributed by atoms with van der Waals surface area (Å²) in [5, 5.41) is 2.87. The number of carbonyl (C=O) groups is 1. The van der Waals surface area contributed by atoms with Crippen molar-refractivity contribution in [1.82, 2.24) is 0 Å². The second-order valence-electron chi connectivity index (χ2n) is 4.40. The minimum absolute atomic E-state index is 0.188. The quantitative estimate of drug-likeness (QED) is 0.630. The molecule has 0 aliphatic heterocycles. The summed E-state index contributed by atoms with van der Waals surface area (Å²) >= 11 is 10.2. The third-order valence-corrected chi connectivity index (χ3v) is 4.79. The van der Waals surface area contributed by atoms with Crippen molar-refractivity contribution in [3.63, 3.8) is 0 Å². The second kappa shape index (κ2) is 6.94. The Morgan fingerprint density at radius 2 is 1.76 bits per heavy atom. The normalized spacial score (nSPS) is 10.3. The molecule has 6 heteroatoms. The van der Waals surface area contributed by atoms with Crippen molar-refractivity contribution >= 4 is 59.4 Å². The molecule has 0 aromatic heterocycles. The molecular weight excluding hydrogens is 466 g/mol. The van der Waals surface area contributed by atoms with Crippen LogP contribution < -0.4 is 10.1 Å². The van der Waals surface area contributed by atoms with Crippen molar-refractivity contribution in [2.24, 2.45) is 0 Å². The maximum Gasteiger partial charge on any atom is 0.256 e. The van der Waals surface area contributed by atoms with Crippen LogP contribution in [0.2, 0.25) is 0 Å². The van der Waals surface area contributed by atoms with Gasteiger partial charge in [0.1, 0.15) is 5.75 Å². The summed E-state index contributed by atoms with van der Waals surface area (Å²) in [5.74, 6) is 0.462. The number of hydrogen-bond acceptors (Lipinski definition) is 2. The zero-order valence-electron chi connectivity index (χ0n) is 11.3. The second-order valence-corrected chi connectivity index (χ2v) is 6.97. The molecule has 0 unspecified atom stereocenters. The van der Waals surface area contributed by atoms with Gasteiger partial charge < -0.3 is 10.1 Å². The lowest BCUT2D eigenvalue weighted by Crippen LogP contribution is -2.13. The summed E-state index contributed by atoms with van der Waals surface area (Å²) < 4.78 is 7.58. The fourth-order valence-corrected chi connectivity index (χ4v) is 3.70. The highest BCUT2D eigenvalue weighted by molar-refractivity contribution is 9.11. The fraction of sp³-hybridized carbons (Fsp3) is 0.133. The molecule has 1 amide bonds. The van der Waals surface area contributed by atoms with Crippen LogP contribution in [0.5, 0.6) is 5.75 Å². The van der Waals surface area contributed by atoms with Gasteiger partial charge in [-0.3, -0.25) is 4.79 Å². The number of halogens is 3. The first-order valence-electron chi connectivity index (χ1n) is 6.03. The van der Waals surface area contributed by atoms with E-state index in [-0.39, 0.29) is 5.91 Å². The number of nitrogens with one attached hydrogen (secondary N) is 1. The number of aryl methyl sites for hydroxylation is 1. The summed E-state index contributed by atoms with van der Waals surface area (Å²) in [5.41, 5.74) is 2.31. The maximum absolute atomic E-state index is 12.4. The Kier molecular flexibility index (Phi) is 5.46. The minimum Gasteiger partial charge on any atom is -0.495 e. The Morgan fingerprint density at radius 1 is 1.05 bits per heavy atom. The Morgan fingerprint density at radius 3 is 2.38 bits per heavy atom. The van der Waals surface area contributed by atoms with E-state index in [9.17, 15) is 4.79 Å². The molecular formula is C15H12Br3NO2. The summed E-state index contributed by atoms with van der Waals surface area (Å²) in [6.45, 7) is 1.97. The van der Waals surface area contributed by atoms with Crippen LogP contribution in [0.25, 0.3) is 0 Å². The molecule has 0 bridgehead atoms. The fourth-order valence-electron chi connectivity index (χ4n) is 1.78. The van der Waals surface area contributed by atoms with Crippen LogP contribution in [0.4, 0.5) is 5.69 Å². The summed E-state index contributed by atoms with van der Waals surface area (Å²) in [4.78, 5) is 12.4. The smallest absolute Gasteiger partial charge is 0.256 e. The number of rotatable bonds is 3. The average Bonchev–Trinajstić information content (AvgIpc) is 2.41. The zero-order chi connectivity index (χ0) is 15.6. The molecule has 2 rings (SSSR count). The number of anilines is 1. The van der Waals surface area contributed by atoms with Gasteiger partial charge >= 0.3 is 0 Å². The molecule has 0 saturated heterocycles. The monoisotopic (exact) mass is 475 g/mol. The van der Waals surface area contributed by atoms with Crippen LogP contribution in [0.1, 0.15) is 15.9 Å². The lowest BCUT2D eigenvalue weighted by molar-refractivity contribution is 0.102. The van der Waals surface area contributed by atoms with Gasteiger partial charge in [-0.2, -0.15) is 0 Å². The van der Waals surface area contributed by atoms with Crippen LogP contribution in [0.15, 0.2) is 43.7 Å². The molecule has 0 aliphatic carbocycles. The van der Waals surface area contributed by atoms with Crippen molar-refractivity contribution < 1.29 is 9.53 Å². The molecule has 110 valence electrons. The topological polar surface area (TPSA) is 38.3 Å². The molecule has 0 saturated carbocycles. The summed E-state index contributed by atoms with van der Waals surface area (Å²) in [7, 11) is 1.58. The van der Waals surface area contributed by atoms with Gasteiger partial charge in [0.25, 0.3) is 5.91 Å². The van der Waals surface area contributed by atoms with Gasteiger partial charge in [0, 0.05) is 15.0 Å². The largest absolute Gasteiger partial charge is 0.495 e. The molecule has 2 aromatic rings. The van der Waals surface area contributed by atoms with Gasteiger partial charge in [-0.25, -0.2) is 0 Å². The first kappa shape index (κ1) is 16.5. The lowest BCUT2D eigenvalue weighted by Gasteiger charge is -2.12. The number of amides is 1. The number of hydrogen-bond donors (Lipinski definition) is 1. The molecule has 0 spiro atoms. The van der Waals surface area contributed by atoms with E-state index in [1.165, 1.54) is 0 Å². The Balaban J connectivity index is 2.31. The first-order chi connectivity index (χ1) is 9.92. The molecule has 21 heavy (non-hydrogen) atoms. The number of carbonyl (C=O) groups excluding carboxylic acids is 1. The Labute approximate surface area is 148 Å². The third-order valence-electron chi connectivity index (χ3n) is 2.86. The predicted octanol–water partition coefficient (Wildman–Crippen LogP) is 5.54. The predicted molar refractivity (Wildman–Crippen MR) is 95.2 cm³/mol. The minimum atomic E-state index is -0.188. The van der Waals surface area contributed by atoms with Crippen LogP contribution in [-0.4, -0.2) is 13.0 Å². The number of methoxy groups -OCH3 is 1. The van der Waals surface area contributed by atoms with Crippen LogP contribution >= 0.6 is 47.8 Å². The first-order valence-corrected chi connectivity index (χ1v) is 8.41. The van der Waals surface area contributed by atoms with Crippen molar-refractivity contribution in [3.8, 4) is 5.75 Å². The van der Waals surface area contributed by atoms with Crippen LogP contribution in [0.3, 0.4) is 0 Å². The van der Waals surface area contributed by atoms with E-state index in [1.807, 2.05) is 25.1 Å². The van der Waals surface area contributed by atoms with Gasteiger partial charge in [-0.1, -0.05) is 6.07 Å². The van der Waals surface area contributed by atoms with Crippen molar-refractivity contribution in [1.29, 1.82) is 0 Å². The van der Waals surface area contributed by atoms with E-state index in [0.29, 0.717) is 17.0 Å². The highest BCUT2D eigenvalue weighted by atomic mass is 79.9. The van der Waals surface area contributed by atoms with Crippen LogP contribution in [-0.2, 0) is 0 Å². The zero-order valence-corrected chi connectivity index (χ0v) is 16.1. The maximum atomic E-state index is 12.4. The van der Waals surface area contributed by atoms with E-state index in [1.54, 1.807) is 19.2 Å². The molecule has 3 nitrogen and oxygen atoms in total. The van der Waals surface area contributed by atoms with Gasteiger partial charge in [-0.15, -0.1) is 0 Å². The van der Waals surface area contributed by atoms with Gasteiger partial charge in [-0.05, 0) is 78.5 Å². The van der Waals surface area contributed by atoms with E-state index < -0.39 is 0 Å². The average molecular weight is 478 g/mol. The highest BCUT2D eigenvalue weighted by Crippen LogP contribution is 2.35. The standard InChI is InChI=1S/C15H12Br3NO2/c1-8-3-4-9(10(16)5-8)15(20)19-13-7-14(21-2)12(18)6-11(13)17/h3-7H,1-2H3,(H,19,20). The van der Waals surface area contributed by atoms with Gasteiger partial charge in [0.05, 0.1) is 22.8 Å². The third kappa shape index (κ3) is 3.87. The molecule has 1 N–H and O–H groups in total. The van der Waals surface area contributed by atoms with Crippen molar-refractivity contribution in [3.05, 3.63) is 54.9 Å². The number of ether oxygens (including phenoxy) is 1. The molecule has 0 fully saturated rings. The molecule has 0 atom stereocenters. The van der Waals surface area contributed by atoms with Crippen molar-refractivity contribution in [2.75, 3.05) is 12.4 Å². The van der Waals surface area contributed by atoms with E-state index in [0.717, 1.165) is 19.0 Å². The summed E-state index contributed by atoms with van der Waals surface area (Å²) in [6.07, 6.45) is 0. The van der Waals surface area contributed by atoms with E-state index >= 15 is 0 Å². The molecule has 0 heterocycles. The van der Waals surface area contributed by atoms with Crippen LogP contribution in [0, 0.1) is 6.92 Å².